The predicted molar refractivity (Wildman–Crippen MR) is 65.7 cm³/mol. The first-order valence-corrected chi connectivity index (χ1v) is 5.86. The summed E-state index contributed by atoms with van der Waals surface area (Å²) in [5, 5.41) is 0.588. The molecule has 90 valence electrons. The van der Waals surface area contributed by atoms with E-state index in [0.29, 0.717) is 17.4 Å². The van der Waals surface area contributed by atoms with Gasteiger partial charge >= 0.3 is 0 Å². The van der Waals surface area contributed by atoms with Crippen LogP contribution < -0.4 is 11.3 Å². The monoisotopic (exact) mass is 244 g/mol. The molecule has 1 aromatic carbocycles. The van der Waals surface area contributed by atoms with E-state index >= 15 is 0 Å². The fraction of sp³-hybridized carbons (Fsp3) is 0.500. The van der Waals surface area contributed by atoms with E-state index in [9.17, 15) is 4.39 Å². The molecule has 1 aromatic rings. The molecule has 2 unspecified atom stereocenters. The summed E-state index contributed by atoms with van der Waals surface area (Å²) in [7, 11) is 0. The minimum Gasteiger partial charge on any atom is -0.271 e. The summed E-state index contributed by atoms with van der Waals surface area (Å²) < 4.78 is 13.1. The molecular formula is C12H18ClFN2. The number of halogens is 2. The molecule has 0 aliphatic rings. The van der Waals surface area contributed by atoms with Gasteiger partial charge in [0.05, 0.1) is 0 Å². The Labute approximate surface area is 101 Å². The van der Waals surface area contributed by atoms with Gasteiger partial charge in [-0.3, -0.25) is 11.3 Å². The van der Waals surface area contributed by atoms with Crippen molar-refractivity contribution in [1.29, 1.82) is 0 Å². The number of nitrogens with one attached hydrogen (secondary N) is 1. The first-order valence-electron chi connectivity index (χ1n) is 5.48. The molecule has 0 bridgehead atoms. The van der Waals surface area contributed by atoms with E-state index in [0.717, 1.165) is 12.0 Å². The average molecular weight is 245 g/mol. The van der Waals surface area contributed by atoms with Gasteiger partial charge in [-0.2, -0.15) is 0 Å². The molecule has 0 aromatic heterocycles. The summed E-state index contributed by atoms with van der Waals surface area (Å²) in [6.45, 7) is 4.21. The Bertz CT molecular complexity index is 344. The Kier molecular flexibility index (Phi) is 5.19. The Morgan fingerprint density at radius 2 is 2.19 bits per heavy atom. The predicted octanol–water partition coefficient (Wildman–Crippen LogP) is 2.90. The van der Waals surface area contributed by atoms with Crippen LogP contribution in [0.2, 0.25) is 5.02 Å². The van der Waals surface area contributed by atoms with Crippen LogP contribution in [0.5, 0.6) is 0 Å². The van der Waals surface area contributed by atoms with Crippen LogP contribution in [0.15, 0.2) is 18.2 Å². The quantitative estimate of drug-likeness (QED) is 0.618. The maximum Gasteiger partial charge on any atom is 0.123 e. The first-order chi connectivity index (χ1) is 7.58. The molecular weight excluding hydrogens is 227 g/mol. The third-order valence-corrected chi connectivity index (χ3v) is 3.36. The molecule has 0 amide bonds. The maximum atomic E-state index is 13.1. The van der Waals surface area contributed by atoms with Crippen molar-refractivity contribution in [2.45, 2.75) is 32.7 Å². The lowest BCUT2D eigenvalue weighted by atomic mass is 9.93. The SMILES string of the molecule is CCC(C)C(Cc1cc(F)ccc1Cl)NN. The molecule has 0 radical (unpaired) electrons. The van der Waals surface area contributed by atoms with E-state index in [1.54, 1.807) is 6.07 Å². The van der Waals surface area contributed by atoms with E-state index in [1.807, 2.05) is 0 Å². The topological polar surface area (TPSA) is 38.0 Å². The van der Waals surface area contributed by atoms with Crippen molar-refractivity contribution in [2.24, 2.45) is 11.8 Å². The molecule has 0 saturated heterocycles. The molecule has 2 nitrogen and oxygen atoms in total. The second-order valence-corrected chi connectivity index (χ2v) is 4.51. The van der Waals surface area contributed by atoms with Gasteiger partial charge in [-0.25, -0.2) is 4.39 Å². The fourth-order valence-electron chi connectivity index (χ4n) is 1.65. The Morgan fingerprint density at radius 3 is 2.75 bits per heavy atom. The summed E-state index contributed by atoms with van der Waals surface area (Å²) >= 11 is 6.01. The molecule has 3 N–H and O–H groups in total. The minimum atomic E-state index is -0.265. The Hall–Kier alpha value is -0.640. The third-order valence-electron chi connectivity index (χ3n) is 2.99. The lowest BCUT2D eigenvalue weighted by Gasteiger charge is -2.22. The third kappa shape index (κ3) is 3.44. The van der Waals surface area contributed by atoms with Gasteiger partial charge in [0, 0.05) is 11.1 Å². The normalized spacial score (nSPS) is 14.8. The molecule has 0 saturated carbocycles. The highest BCUT2D eigenvalue weighted by atomic mass is 35.5. The largest absolute Gasteiger partial charge is 0.271 e. The standard InChI is InChI=1S/C12H18ClFN2/c1-3-8(2)12(16-15)7-9-6-10(14)4-5-11(9)13/h4-6,8,12,16H,3,7,15H2,1-2H3. The number of hydrazine groups is 1. The van der Waals surface area contributed by atoms with Crippen molar-refractivity contribution in [3.05, 3.63) is 34.6 Å². The van der Waals surface area contributed by atoms with Gasteiger partial charge in [0.1, 0.15) is 5.82 Å². The van der Waals surface area contributed by atoms with Crippen LogP contribution in [0.25, 0.3) is 0 Å². The average Bonchev–Trinajstić information content (AvgIpc) is 2.29. The molecule has 0 aliphatic carbocycles. The number of nitrogens with two attached hydrogens (primary N) is 1. The maximum absolute atomic E-state index is 13.1. The Morgan fingerprint density at radius 1 is 1.50 bits per heavy atom. The molecule has 2 atom stereocenters. The van der Waals surface area contributed by atoms with Crippen molar-refractivity contribution >= 4 is 11.6 Å². The summed E-state index contributed by atoms with van der Waals surface area (Å²) in [5.41, 5.74) is 3.56. The van der Waals surface area contributed by atoms with Crippen LogP contribution in [0, 0.1) is 11.7 Å². The van der Waals surface area contributed by atoms with E-state index in [-0.39, 0.29) is 11.9 Å². The van der Waals surface area contributed by atoms with Crippen LogP contribution in [-0.2, 0) is 6.42 Å². The zero-order valence-corrected chi connectivity index (χ0v) is 10.4. The van der Waals surface area contributed by atoms with Gasteiger partial charge in [-0.05, 0) is 36.1 Å². The van der Waals surface area contributed by atoms with Crippen LogP contribution in [0.3, 0.4) is 0 Å². The van der Waals surface area contributed by atoms with Crippen LogP contribution in [0.1, 0.15) is 25.8 Å². The highest BCUT2D eigenvalue weighted by Gasteiger charge is 2.16. The van der Waals surface area contributed by atoms with Crippen molar-refractivity contribution in [2.75, 3.05) is 0 Å². The second-order valence-electron chi connectivity index (χ2n) is 4.10. The molecule has 0 fully saturated rings. The lowest BCUT2D eigenvalue weighted by molar-refractivity contribution is 0.369. The van der Waals surface area contributed by atoms with E-state index < -0.39 is 0 Å². The molecule has 16 heavy (non-hydrogen) atoms. The van der Waals surface area contributed by atoms with E-state index in [4.69, 9.17) is 17.4 Å². The summed E-state index contributed by atoms with van der Waals surface area (Å²) in [4.78, 5) is 0. The Balaban J connectivity index is 2.81. The molecule has 0 aliphatic heterocycles. The number of hydrogen-bond acceptors (Lipinski definition) is 2. The van der Waals surface area contributed by atoms with Crippen molar-refractivity contribution in [1.82, 2.24) is 5.43 Å². The molecule has 0 heterocycles. The molecule has 0 spiro atoms. The van der Waals surface area contributed by atoms with Crippen LogP contribution >= 0.6 is 11.6 Å². The minimum absolute atomic E-state index is 0.115. The van der Waals surface area contributed by atoms with Crippen LogP contribution in [-0.4, -0.2) is 6.04 Å². The molecule has 4 heteroatoms. The number of hydrogen-bond donors (Lipinski definition) is 2. The summed E-state index contributed by atoms with van der Waals surface area (Å²) in [6.07, 6.45) is 1.66. The van der Waals surface area contributed by atoms with E-state index in [1.165, 1.54) is 12.1 Å². The number of benzene rings is 1. The summed E-state index contributed by atoms with van der Waals surface area (Å²) in [6, 6.07) is 4.52. The van der Waals surface area contributed by atoms with Gasteiger partial charge in [0.25, 0.3) is 0 Å². The highest BCUT2D eigenvalue weighted by Crippen LogP contribution is 2.21. The fourth-order valence-corrected chi connectivity index (χ4v) is 1.84. The summed E-state index contributed by atoms with van der Waals surface area (Å²) in [5.74, 6) is 5.65. The molecule has 1 rings (SSSR count). The zero-order chi connectivity index (χ0) is 12.1. The van der Waals surface area contributed by atoms with Gasteiger partial charge in [-0.1, -0.05) is 31.9 Å². The van der Waals surface area contributed by atoms with Crippen LogP contribution in [0.4, 0.5) is 4.39 Å². The zero-order valence-electron chi connectivity index (χ0n) is 9.63. The van der Waals surface area contributed by atoms with Gasteiger partial charge in [0.2, 0.25) is 0 Å². The van der Waals surface area contributed by atoms with Gasteiger partial charge in [0.15, 0.2) is 0 Å². The van der Waals surface area contributed by atoms with E-state index in [2.05, 4.69) is 19.3 Å². The first kappa shape index (κ1) is 13.4. The van der Waals surface area contributed by atoms with Crippen molar-refractivity contribution in [3.63, 3.8) is 0 Å². The number of rotatable bonds is 5. The van der Waals surface area contributed by atoms with Crippen molar-refractivity contribution < 1.29 is 4.39 Å². The van der Waals surface area contributed by atoms with Crippen molar-refractivity contribution in [3.8, 4) is 0 Å². The lowest BCUT2D eigenvalue weighted by Crippen LogP contribution is -2.41. The second kappa shape index (κ2) is 6.18. The smallest absolute Gasteiger partial charge is 0.123 e. The van der Waals surface area contributed by atoms with Gasteiger partial charge < -0.3 is 0 Å². The highest BCUT2D eigenvalue weighted by molar-refractivity contribution is 6.31. The van der Waals surface area contributed by atoms with Gasteiger partial charge in [-0.15, -0.1) is 0 Å².